The second kappa shape index (κ2) is 9.12. The zero-order valence-electron chi connectivity index (χ0n) is 24.4. The van der Waals surface area contributed by atoms with E-state index in [1.54, 1.807) is 0 Å². The Labute approximate surface area is 242 Å². The van der Waals surface area contributed by atoms with Crippen LogP contribution in [0, 0.1) is 17.3 Å². The molecule has 7 heteroatoms. The Balaban J connectivity index is 1.04. The Hall–Kier alpha value is -2.77. The maximum Gasteiger partial charge on any atom is 0.482 e. The molecule has 2 aliphatic heterocycles. The SMILES string of the molecule is CC1(C)[C@@H]2C[C@H]3OB([C@H](Cc4coc5ccccc45)NC(=O)Cc4ccc5c(c4)OCC54CCCC4)O[C@@]3(C)[C@H]1C2. The van der Waals surface area contributed by atoms with E-state index in [1.807, 2.05) is 24.5 Å². The number of para-hydroxylation sites is 1. The Morgan fingerprint density at radius 3 is 2.76 bits per heavy atom. The van der Waals surface area contributed by atoms with Crippen LogP contribution in [0.15, 0.2) is 53.1 Å². The summed E-state index contributed by atoms with van der Waals surface area (Å²) in [7, 11) is -0.511. The van der Waals surface area contributed by atoms with Gasteiger partial charge in [-0.05, 0) is 79.5 Å². The summed E-state index contributed by atoms with van der Waals surface area (Å²) in [5.74, 6) is 1.72. The van der Waals surface area contributed by atoms with Gasteiger partial charge < -0.3 is 23.8 Å². The number of carbonyl (C=O) groups is 1. The maximum atomic E-state index is 13.6. The summed E-state index contributed by atoms with van der Waals surface area (Å²) in [5, 5.41) is 4.39. The molecule has 1 saturated heterocycles. The molecule has 1 N–H and O–H groups in total. The number of furan rings is 1. The fraction of sp³-hybridized carbons (Fsp3) is 0.559. The lowest BCUT2D eigenvalue weighted by Gasteiger charge is -2.64. The number of benzene rings is 2. The minimum atomic E-state index is -0.511. The van der Waals surface area contributed by atoms with Crippen molar-refractivity contribution in [1.82, 2.24) is 5.32 Å². The Morgan fingerprint density at radius 2 is 1.93 bits per heavy atom. The molecule has 3 aromatic rings. The van der Waals surface area contributed by atoms with Crippen molar-refractivity contribution >= 4 is 24.0 Å². The van der Waals surface area contributed by atoms with Crippen molar-refractivity contribution < 1.29 is 23.3 Å². The van der Waals surface area contributed by atoms with Crippen LogP contribution >= 0.6 is 0 Å². The summed E-state index contributed by atoms with van der Waals surface area (Å²) < 4.78 is 25.5. The first kappa shape index (κ1) is 25.9. The van der Waals surface area contributed by atoms with E-state index in [-0.39, 0.29) is 40.8 Å². The lowest BCUT2D eigenvalue weighted by atomic mass is 9.43. The number of hydrogen-bond donors (Lipinski definition) is 1. The van der Waals surface area contributed by atoms with Gasteiger partial charge in [0.2, 0.25) is 5.91 Å². The van der Waals surface area contributed by atoms with Gasteiger partial charge in [0.1, 0.15) is 11.3 Å². The molecular formula is C34H40BNO5. The van der Waals surface area contributed by atoms with E-state index in [0.717, 1.165) is 40.9 Å². The Kier molecular flexibility index (Phi) is 5.76. The first-order valence-corrected chi connectivity index (χ1v) is 15.6. The van der Waals surface area contributed by atoms with Crippen LogP contribution in [0.25, 0.3) is 11.0 Å². The van der Waals surface area contributed by atoms with Gasteiger partial charge in [-0.15, -0.1) is 0 Å². The number of hydrogen-bond acceptors (Lipinski definition) is 5. The molecular weight excluding hydrogens is 513 g/mol. The monoisotopic (exact) mass is 553 g/mol. The first-order valence-electron chi connectivity index (χ1n) is 15.6. The van der Waals surface area contributed by atoms with Crippen molar-refractivity contribution in [3.63, 3.8) is 0 Å². The van der Waals surface area contributed by atoms with E-state index in [2.05, 4.69) is 50.4 Å². The summed E-state index contributed by atoms with van der Waals surface area (Å²) in [5.41, 5.74) is 4.31. The molecule has 2 bridgehead atoms. The summed E-state index contributed by atoms with van der Waals surface area (Å²) in [6.07, 6.45) is 9.87. The Morgan fingerprint density at radius 1 is 1.10 bits per heavy atom. The fourth-order valence-electron chi connectivity index (χ4n) is 9.15. The zero-order valence-corrected chi connectivity index (χ0v) is 24.4. The van der Waals surface area contributed by atoms with Crippen molar-refractivity contribution in [3.8, 4) is 5.75 Å². The van der Waals surface area contributed by atoms with E-state index in [0.29, 0.717) is 18.3 Å². The zero-order chi connectivity index (χ0) is 28.0. The molecule has 0 radical (unpaired) electrons. The highest BCUT2D eigenvalue weighted by Gasteiger charge is 2.68. The van der Waals surface area contributed by atoms with Gasteiger partial charge in [-0.2, -0.15) is 0 Å². The lowest BCUT2D eigenvalue weighted by molar-refractivity contribution is -0.199. The number of carbonyl (C=O) groups excluding carboxylic acids is 1. The van der Waals surface area contributed by atoms with Gasteiger partial charge in [0, 0.05) is 16.4 Å². The van der Waals surface area contributed by atoms with Crippen LogP contribution in [0.5, 0.6) is 5.75 Å². The Bertz CT molecular complexity index is 1510. The highest BCUT2D eigenvalue weighted by molar-refractivity contribution is 6.48. The quantitative estimate of drug-likeness (QED) is 0.370. The van der Waals surface area contributed by atoms with Crippen LogP contribution in [0.1, 0.15) is 76.0 Å². The third-order valence-electron chi connectivity index (χ3n) is 11.7. The smallest absolute Gasteiger partial charge is 0.482 e. The van der Waals surface area contributed by atoms with Gasteiger partial charge in [0.05, 0.1) is 36.9 Å². The molecule has 3 heterocycles. The van der Waals surface area contributed by atoms with Crippen molar-refractivity contribution in [1.29, 1.82) is 0 Å². The number of ether oxygens (including phenoxy) is 1. The first-order chi connectivity index (χ1) is 19.7. The van der Waals surface area contributed by atoms with Crippen LogP contribution in [0.3, 0.4) is 0 Å². The van der Waals surface area contributed by atoms with E-state index < -0.39 is 7.12 Å². The number of nitrogens with one attached hydrogen (secondary N) is 1. The summed E-state index contributed by atoms with van der Waals surface area (Å²) in [6, 6.07) is 14.4. The van der Waals surface area contributed by atoms with Gasteiger partial charge >= 0.3 is 7.12 Å². The second-order valence-electron chi connectivity index (χ2n) is 14.3. The van der Waals surface area contributed by atoms with E-state index >= 15 is 0 Å². The summed E-state index contributed by atoms with van der Waals surface area (Å²) in [6.45, 7) is 7.74. The fourth-order valence-corrected chi connectivity index (χ4v) is 9.15. The average Bonchev–Trinajstić information content (AvgIpc) is 3.74. The molecule has 6 nitrogen and oxygen atoms in total. The van der Waals surface area contributed by atoms with E-state index in [1.165, 1.54) is 37.7 Å². The largest absolute Gasteiger partial charge is 0.492 e. The van der Waals surface area contributed by atoms with Crippen LogP contribution in [-0.2, 0) is 32.4 Å². The van der Waals surface area contributed by atoms with Crippen LogP contribution < -0.4 is 10.1 Å². The number of fused-ring (bicyclic) bond motifs is 3. The van der Waals surface area contributed by atoms with Crippen molar-refractivity contribution in [2.24, 2.45) is 17.3 Å². The van der Waals surface area contributed by atoms with Crippen molar-refractivity contribution in [2.75, 3.05) is 6.61 Å². The van der Waals surface area contributed by atoms with E-state index in [4.69, 9.17) is 18.5 Å². The lowest BCUT2D eigenvalue weighted by Crippen LogP contribution is -2.65. The van der Waals surface area contributed by atoms with Gasteiger partial charge in [-0.3, -0.25) is 4.79 Å². The van der Waals surface area contributed by atoms with Crippen molar-refractivity contribution in [2.45, 2.75) is 95.2 Å². The highest BCUT2D eigenvalue weighted by atomic mass is 16.7. The minimum Gasteiger partial charge on any atom is -0.492 e. The predicted octanol–water partition coefficient (Wildman–Crippen LogP) is 6.17. The molecule has 4 aliphatic carbocycles. The molecule has 214 valence electrons. The van der Waals surface area contributed by atoms with Crippen LogP contribution in [-0.4, -0.2) is 37.3 Å². The molecule has 1 spiro atoms. The predicted molar refractivity (Wildman–Crippen MR) is 158 cm³/mol. The van der Waals surface area contributed by atoms with Crippen LogP contribution in [0.2, 0.25) is 0 Å². The number of rotatable bonds is 6. The molecule has 41 heavy (non-hydrogen) atoms. The third-order valence-corrected chi connectivity index (χ3v) is 11.7. The molecule has 0 unspecified atom stereocenters. The molecule has 1 amide bonds. The molecule has 9 rings (SSSR count). The van der Waals surface area contributed by atoms with Crippen molar-refractivity contribution in [3.05, 3.63) is 65.4 Å². The third kappa shape index (κ3) is 3.95. The number of amides is 1. The van der Waals surface area contributed by atoms with Gasteiger partial charge in [0.25, 0.3) is 0 Å². The maximum absolute atomic E-state index is 13.6. The standard InChI is InChI=1S/C34H40BNO5/c1-32(2)23-17-28(32)33(3)29(18-23)40-35(41-33)30(16-22-19-38-26-9-5-4-8-24(22)26)36-31(37)15-21-10-11-25-27(14-21)39-20-34(25)12-6-7-13-34/h4-5,8-11,14,19,23,28-30H,6-7,12-13,15-18,20H2,1-3H3,(H,36,37)/t23-,28-,29+,30-,33-/m0/s1. The van der Waals surface area contributed by atoms with Gasteiger partial charge in [-0.25, -0.2) is 0 Å². The molecule has 6 aliphatic rings. The van der Waals surface area contributed by atoms with Gasteiger partial charge in [-0.1, -0.05) is 57.0 Å². The molecule has 4 saturated carbocycles. The molecule has 5 atom stereocenters. The highest BCUT2D eigenvalue weighted by Crippen LogP contribution is 2.65. The van der Waals surface area contributed by atoms with Crippen LogP contribution in [0.4, 0.5) is 0 Å². The topological polar surface area (TPSA) is 69.9 Å². The molecule has 1 aromatic heterocycles. The van der Waals surface area contributed by atoms with Gasteiger partial charge in [0.15, 0.2) is 0 Å². The van der Waals surface area contributed by atoms with E-state index in [9.17, 15) is 4.79 Å². The minimum absolute atomic E-state index is 0.0341. The summed E-state index contributed by atoms with van der Waals surface area (Å²) >= 11 is 0. The average molecular weight is 554 g/mol. The second-order valence-corrected chi connectivity index (χ2v) is 14.3. The summed E-state index contributed by atoms with van der Waals surface area (Å²) in [4.78, 5) is 13.6. The molecule has 2 aromatic carbocycles. The molecule has 5 fully saturated rings. The normalized spacial score (nSPS) is 31.0.